The van der Waals surface area contributed by atoms with E-state index in [1.807, 2.05) is 0 Å². The van der Waals surface area contributed by atoms with E-state index < -0.39 is 0 Å². The highest BCUT2D eigenvalue weighted by Gasteiger charge is 2.26. The molecule has 0 N–H and O–H groups in total. The lowest BCUT2D eigenvalue weighted by Gasteiger charge is -2.22. The molecule has 1 aromatic carbocycles. The van der Waals surface area contributed by atoms with Gasteiger partial charge in [-0.05, 0) is 30.4 Å². The van der Waals surface area contributed by atoms with Crippen LogP contribution in [-0.2, 0) is 22.4 Å². The molecular formula is C15H19NO2. The molecule has 18 heavy (non-hydrogen) atoms. The van der Waals surface area contributed by atoms with Crippen molar-refractivity contribution >= 4 is 5.97 Å². The minimum Gasteiger partial charge on any atom is -0.461 e. The third kappa shape index (κ3) is 2.56. The fourth-order valence-corrected chi connectivity index (χ4v) is 2.90. The highest BCUT2D eigenvalue weighted by atomic mass is 16.5. The summed E-state index contributed by atoms with van der Waals surface area (Å²) in [5.41, 5.74) is 2.95. The van der Waals surface area contributed by atoms with E-state index in [4.69, 9.17) is 4.74 Å². The van der Waals surface area contributed by atoms with E-state index in [9.17, 15) is 4.79 Å². The molecule has 1 atom stereocenters. The van der Waals surface area contributed by atoms with Crippen molar-refractivity contribution in [3.05, 3.63) is 35.4 Å². The second-order valence-electron chi connectivity index (χ2n) is 5.22. The van der Waals surface area contributed by atoms with Crippen molar-refractivity contribution in [1.29, 1.82) is 0 Å². The molecule has 0 amide bonds. The van der Waals surface area contributed by atoms with Gasteiger partial charge in [0, 0.05) is 26.1 Å². The Kier molecular flexibility index (Phi) is 3.33. The van der Waals surface area contributed by atoms with Gasteiger partial charge in [-0.3, -0.25) is 9.69 Å². The third-order valence-corrected chi connectivity index (χ3v) is 3.94. The van der Waals surface area contributed by atoms with Crippen LogP contribution in [0, 0.1) is 0 Å². The Labute approximate surface area is 108 Å². The van der Waals surface area contributed by atoms with Crippen molar-refractivity contribution in [3.8, 4) is 0 Å². The van der Waals surface area contributed by atoms with Crippen LogP contribution >= 0.6 is 0 Å². The minimum absolute atomic E-state index is 0.0295. The van der Waals surface area contributed by atoms with Crippen molar-refractivity contribution in [3.63, 3.8) is 0 Å². The van der Waals surface area contributed by atoms with Gasteiger partial charge >= 0.3 is 5.97 Å². The van der Waals surface area contributed by atoms with Crippen LogP contribution in [0.2, 0.25) is 0 Å². The first-order valence-corrected chi connectivity index (χ1v) is 6.80. The summed E-state index contributed by atoms with van der Waals surface area (Å²) >= 11 is 0. The number of fused-ring (bicyclic) bond motifs is 1. The van der Waals surface area contributed by atoms with Gasteiger partial charge in [-0.25, -0.2) is 0 Å². The quantitative estimate of drug-likeness (QED) is 0.744. The summed E-state index contributed by atoms with van der Waals surface area (Å²) in [5.74, 6) is -0.0295. The van der Waals surface area contributed by atoms with E-state index in [2.05, 4.69) is 29.2 Å². The summed E-state index contributed by atoms with van der Waals surface area (Å²) in [5, 5.41) is 0. The predicted octanol–water partition coefficient (Wildman–Crippen LogP) is 1.79. The van der Waals surface area contributed by atoms with Crippen molar-refractivity contribution in [2.75, 3.05) is 19.6 Å². The molecule has 3 heteroatoms. The summed E-state index contributed by atoms with van der Waals surface area (Å²) in [7, 11) is 0. The number of esters is 1. The van der Waals surface area contributed by atoms with Gasteiger partial charge in [0.25, 0.3) is 0 Å². The summed E-state index contributed by atoms with van der Waals surface area (Å²) < 4.78 is 5.30. The monoisotopic (exact) mass is 245 g/mol. The Morgan fingerprint density at radius 1 is 1.11 bits per heavy atom. The smallest absolute Gasteiger partial charge is 0.306 e. The average molecular weight is 245 g/mol. The second kappa shape index (κ2) is 5.11. The zero-order valence-electron chi connectivity index (χ0n) is 10.6. The van der Waals surface area contributed by atoms with Crippen LogP contribution in [0.5, 0.6) is 0 Å². The molecular weight excluding hydrogens is 226 g/mol. The van der Waals surface area contributed by atoms with Crippen molar-refractivity contribution < 1.29 is 9.53 Å². The van der Waals surface area contributed by atoms with Crippen molar-refractivity contribution in [2.24, 2.45) is 0 Å². The maximum absolute atomic E-state index is 11.1. The summed E-state index contributed by atoms with van der Waals surface area (Å²) in [6.07, 6.45) is 3.83. The van der Waals surface area contributed by atoms with Gasteiger partial charge in [0.2, 0.25) is 0 Å². The van der Waals surface area contributed by atoms with E-state index in [1.54, 1.807) is 0 Å². The lowest BCUT2D eigenvalue weighted by atomic mass is 10.0. The molecule has 1 aromatic rings. The molecule has 3 rings (SSSR count). The number of rotatable bonds is 2. The Hall–Kier alpha value is -1.35. The van der Waals surface area contributed by atoms with Crippen molar-refractivity contribution in [2.45, 2.75) is 31.8 Å². The maximum atomic E-state index is 11.1. The first kappa shape index (κ1) is 11.7. The zero-order valence-corrected chi connectivity index (χ0v) is 10.6. The molecule has 0 aromatic heterocycles. The van der Waals surface area contributed by atoms with Gasteiger partial charge in [0.05, 0.1) is 0 Å². The topological polar surface area (TPSA) is 29.5 Å². The Bertz CT molecular complexity index is 417. The fraction of sp³-hybridized carbons (Fsp3) is 0.533. The zero-order chi connectivity index (χ0) is 12.4. The number of benzene rings is 1. The minimum atomic E-state index is -0.0295. The number of cyclic esters (lactones) is 1. The Morgan fingerprint density at radius 2 is 1.78 bits per heavy atom. The molecule has 96 valence electrons. The highest BCUT2D eigenvalue weighted by Crippen LogP contribution is 2.19. The van der Waals surface area contributed by atoms with Gasteiger partial charge in [-0.2, -0.15) is 0 Å². The SMILES string of the molecule is O=C1CCC(CN2CCc3ccccc3CC2)O1. The molecule has 0 aliphatic carbocycles. The highest BCUT2D eigenvalue weighted by molar-refractivity contribution is 5.71. The number of ether oxygens (including phenoxy) is 1. The second-order valence-corrected chi connectivity index (χ2v) is 5.22. The molecule has 0 radical (unpaired) electrons. The van der Waals surface area contributed by atoms with Crippen LogP contribution in [0.4, 0.5) is 0 Å². The number of nitrogens with zero attached hydrogens (tertiary/aromatic N) is 1. The average Bonchev–Trinajstić information content (AvgIpc) is 2.68. The Morgan fingerprint density at radius 3 is 2.33 bits per heavy atom. The maximum Gasteiger partial charge on any atom is 0.306 e. The van der Waals surface area contributed by atoms with Crippen LogP contribution in [-0.4, -0.2) is 36.6 Å². The largest absolute Gasteiger partial charge is 0.461 e. The van der Waals surface area contributed by atoms with Crippen molar-refractivity contribution in [1.82, 2.24) is 4.90 Å². The molecule has 1 saturated heterocycles. The Balaban J connectivity index is 1.59. The molecule has 1 fully saturated rings. The lowest BCUT2D eigenvalue weighted by molar-refractivity contribution is -0.141. The fourth-order valence-electron chi connectivity index (χ4n) is 2.90. The normalized spacial score (nSPS) is 24.4. The van der Waals surface area contributed by atoms with Gasteiger partial charge in [0.15, 0.2) is 0 Å². The lowest BCUT2D eigenvalue weighted by Crippen LogP contribution is -2.34. The van der Waals surface area contributed by atoms with E-state index >= 15 is 0 Å². The number of hydrogen-bond acceptors (Lipinski definition) is 3. The van der Waals surface area contributed by atoms with E-state index in [0.29, 0.717) is 6.42 Å². The predicted molar refractivity (Wildman–Crippen MR) is 69.4 cm³/mol. The first-order chi connectivity index (χ1) is 8.81. The standard InChI is InChI=1S/C15H19NO2/c17-15-6-5-14(18-15)11-16-9-7-12-3-1-2-4-13(12)8-10-16/h1-4,14H,5-11H2. The number of hydrogen-bond donors (Lipinski definition) is 0. The number of carbonyl (C=O) groups is 1. The van der Waals surface area contributed by atoms with Gasteiger partial charge in [-0.15, -0.1) is 0 Å². The molecule has 2 aliphatic heterocycles. The van der Waals surface area contributed by atoms with E-state index in [0.717, 1.165) is 38.9 Å². The molecule has 3 nitrogen and oxygen atoms in total. The summed E-state index contributed by atoms with van der Waals surface area (Å²) in [4.78, 5) is 13.5. The molecule has 2 heterocycles. The summed E-state index contributed by atoms with van der Waals surface area (Å²) in [6, 6.07) is 8.70. The van der Waals surface area contributed by atoms with Gasteiger partial charge in [-0.1, -0.05) is 24.3 Å². The van der Waals surface area contributed by atoms with Crippen LogP contribution in [0.25, 0.3) is 0 Å². The molecule has 0 saturated carbocycles. The number of carbonyl (C=O) groups excluding carboxylic acids is 1. The molecule has 1 unspecified atom stereocenters. The molecule has 0 spiro atoms. The van der Waals surface area contributed by atoms with E-state index in [-0.39, 0.29) is 12.1 Å². The van der Waals surface area contributed by atoms with Crippen LogP contribution in [0.15, 0.2) is 24.3 Å². The van der Waals surface area contributed by atoms with E-state index in [1.165, 1.54) is 11.1 Å². The van der Waals surface area contributed by atoms with Crippen LogP contribution < -0.4 is 0 Å². The third-order valence-electron chi connectivity index (χ3n) is 3.94. The van der Waals surface area contributed by atoms with Crippen LogP contribution in [0.3, 0.4) is 0 Å². The molecule has 0 bridgehead atoms. The van der Waals surface area contributed by atoms with Crippen LogP contribution in [0.1, 0.15) is 24.0 Å². The van der Waals surface area contributed by atoms with Gasteiger partial charge < -0.3 is 4.74 Å². The van der Waals surface area contributed by atoms with Gasteiger partial charge in [0.1, 0.15) is 6.10 Å². The summed E-state index contributed by atoms with van der Waals surface area (Å²) in [6.45, 7) is 3.05. The molecule has 2 aliphatic rings. The first-order valence-electron chi connectivity index (χ1n) is 6.80.